The van der Waals surface area contributed by atoms with E-state index >= 15 is 0 Å². The molecule has 0 fully saturated rings. The van der Waals surface area contributed by atoms with E-state index in [0.717, 1.165) is 18.2 Å². The third-order valence-electron chi connectivity index (χ3n) is 2.28. The van der Waals surface area contributed by atoms with Crippen LogP contribution in [0.15, 0.2) is 18.2 Å². The molecule has 6 heteroatoms. The first-order valence-corrected chi connectivity index (χ1v) is 4.58. The predicted molar refractivity (Wildman–Crippen MR) is 52.3 cm³/mol. The van der Waals surface area contributed by atoms with Gasteiger partial charge in [0.15, 0.2) is 11.6 Å². The minimum absolute atomic E-state index is 0.0229. The molecular weight excluding hydrogens is 216 g/mol. The Kier molecular flexibility index (Phi) is 2.66. The van der Waals surface area contributed by atoms with Gasteiger partial charge in [-0.3, -0.25) is 0 Å². The molecule has 1 N–H and O–H groups in total. The Morgan fingerprint density at radius 3 is 2.69 bits per heavy atom. The van der Waals surface area contributed by atoms with Gasteiger partial charge in [-0.1, -0.05) is 0 Å². The molecule has 0 saturated heterocycles. The van der Waals surface area contributed by atoms with Crippen LogP contribution in [0.3, 0.4) is 0 Å². The van der Waals surface area contributed by atoms with Gasteiger partial charge in [-0.15, -0.1) is 10.2 Å². The van der Waals surface area contributed by atoms with Gasteiger partial charge in [-0.25, -0.2) is 8.78 Å². The van der Waals surface area contributed by atoms with Crippen molar-refractivity contribution in [1.82, 2.24) is 14.8 Å². The van der Waals surface area contributed by atoms with Gasteiger partial charge in [0.05, 0.1) is 5.56 Å². The molecule has 0 atom stereocenters. The zero-order chi connectivity index (χ0) is 11.7. The number of rotatable bonds is 2. The maximum Gasteiger partial charge on any atom is 0.166 e. The first kappa shape index (κ1) is 10.7. The van der Waals surface area contributed by atoms with Crippen molar-refractivity contribution in [2.75, 3.05) is 0 Å². The number of aliphatic hydroxyl groups is 1. The maximum absolute atomic E-state index is 13.4. The van der Waals surface area contributed by atoms with Crippen LogP contribution in [0, 0.1) is 11.6 Å². The highest BCUT2D eigenvalue weighted by atomic mass is 19.1. The molecule has 1 aromatic carbocycles. The third-order valence-corrected chi connectivity index (χ3v) is 2.28. The van der Waals surface area contributed by atoms with Gasteiger partial charge >= 0.3 is 0 Å². The summed E-state index contributed by atoms with van der Waals surface area (Å²) in [5, 5.41) is 16.3. The Bertz CT molecular complexity index is 525. The third kappa shape index (κ3) is 1.67. The molecule has 0 aliphatic rings. The minimum atomic E-state index is -0.582. The SMILES string of the molecule is Cn1c(CO)nnc1-c1cc(F)ccc1F. The molecule has 2 rings (SSSR count). The van der Waals surface area contributed by atoms with Gasteiger partial charge in [0.25, 0.3) is 0 Å². The highest BCUT2D eigenvalue weighted by molar-refractivity contribution is 5.56. The van der Waals surface area contributed by atoms with Crippen molar-refractivity contribution in [3.05, 3.63) is 35.7 Å². The summed E-state index contributed by atoms with van der Waals surface area (Å²) < 4.78 is 27.8. The fourth-order valence-corrected chi connectivity index (χ4v) is 1.40. The van der Waals surface area contributed by atoms with E-state index in [1.165, 1.54) is 4.57 Å². The molecule has 0 aliphatic carbocycles. The van der Waals surface area contributed by atoms with E-state index in [9.17, 15) is 8.78 Å². The largest absolute Gasteiger partial charge is 0.388 e. The number of benzene rings is 1. The van der Waals surface area contributed by atoms with Crippen molar-refractivity contribution in [3.8, 4) is 11.4 Å². The maximum atomic E-state index is 13.4. The van der Waals surface area contributed by atoms with Gasteiger partial charge in [0.2, 0.25) is 0 Å². The summed E-state index contributed by atoms with van der Waals surface area (Å²) in [5.74, 6) is -0.661. The quantitative estimate of drug-likeness (QED) is 0.836. The smallest absolute Gasteiger partial charge is 0.166 e. The summed E-state index contributed by atoms with van der Waals surface area (Å²) in [5.41, 5.74) is 0.0229. The Morgan fingerprint density at radius 1 is 1.31 bits per heavy atom. The van der Waals surface area contributed by atoms with Crippen molar-refractivity contribution in [3.63, 3.8) is 0 Å². The summed E-state index contributed by atoms with van der Waals surface area (Å²) in [6.07, 6.45) is 0. The second kappa shape index (κ2) is 3.97. The fourth-order valence-electron chi connectivity index (χ4n) is 1.40. The molecule has 0 radical (unpaired) electrons. The molecule has 0 bridgehead atoms. The molecule has 0 amide bonds. The molecule has 2 aromatic rings. The van der Waals surface area contributed by atoms with Gasteiger partial charge in [0, 0.05) is 7.05 Å². The van der Waals surface area contributed by atoms with Crippen LogP contribution in [0.25, 0.3) is 11.4 Å². The first-order valence-electron chi connectivity index (χ1n) is 4.58. The molecule has 0 aliphatic heterocycles. The lowest BCUT2D eigenvalue weighted by Gasteiger charge is -2.03. The first-order chi connectivity index (χ1) is 7.63. The van der Waals surface area contributed by atoms with Crippen LogP contribution in [0.5, 0.6) is 0 Å². The van der Waals surface area contributed by atoms with Crippen molar-refractivity contribution in [2.45, 2.75) is 6.61 Å². The van der Waals surface area contributed by atoms with Gasteiger partial charge < -0.3 is 9.67 Å². The number of aliphatic hydroxyl groups excluding tert-OH is 1. The Hall–Kier alpha value is -1.82. The van der Waals surface area contributed by atoms with E-state index in [0.29, 0.717) is 5.82 Å². The second-order valence-corrected chi connectivity index (χ2v) is 3.28. The average molecular weight is 225 g/mol. The van der Waals surface area contributed by atoms with Crippen LogP contribution >= 0.6 is 0 Å². The van der Waals surface area contributed by atoms with E-state index in [1.54, 1.807) is 7.05 Å². The number of aromatic nitrogens is 3. The summed E-state index contributed by atoms with van der Waals surface area (Å²) in [6, 6.07) is 3.10. The summed E-state index contributed by atoms with van der Waals surface area (Å²) >= 11 is 0. The number of nitrogens with zero attached hydrogens (tertiary/aromatic N) is 3. The monoisotopic (exact) mass is 225 g/mol. The lowest BCUT2D eigenvalue weighted by atomic mass is 10.2. The van der Waals surface area contributed by atoms with E-state index in [4.69, 9.17) is 5.11 Å². The van der Waals surface area contributed by atoms with Crippen molar-refractivity contribution >= 4 is 0 Å². The predicted octanol–water partition coefficient (Wildman–Crippen LogP) is 1.25. The van der Waals surface area contributed by atoms with E-state index in [-0.39, 0.29) is 18.0 Å². The summed E-state index contributed by atoms with van der Waals surface area (Å²) in [4.78, 5) is 0. The highest BCUT2D eigenvalue weighted by Gasteiger charge is 2.14. The topological polar surface area (TPSA) is 50.9 Å². The van der Waals surface area contributed by atoms with Crippen molar-refractivity contribution in [2.24, 2.45) is 7.05 Å². The van der Waals surface area contributed by atoms with Gasteiger partial charge in [-0.05, 0) is 18.2 Å². The van der Waals surface area contributed by atoms with Gasteiger partial charge in [0.1, 0.15) is 18.2 Å². The van der Waals surface area contributed by atoms with Crippen molar-refractivity contribution in [1.29, 1.82) is 0 Å². The standard InChI is InChI=1S/C10H9F2N3O/c1-15-9(5-16)13-14-10(15)7-4-6(11)2-3-8(7)12/h2-4,16H,5H2,1H3. The van der Waals surface area contributed by atoms with Crippen LogP contribution in [-0.2, 0) is 13.7 Å². The van der Waals surface area contributed by atoms with Crippen LogP contribution in [0.2, 0.25) is 0 Å². The number of hydrogen-bond acceptors (Lipinski definition) is 3. The second-order valence-electron chi connectivity index (χ2n) is 3.28. The molecule has 0 saturated carbocycles. The van der Waals surface area contributed by atoms with Gasteiger partial charge in [-0.2, -0.15) is 0 Å². The molecule has 84 valence electrons. The molecule has 4 nitrogen and oxygen atoms in total. The molecule has 16 heavy (non-hydrogen) atoms. The average Bonchev–Trinajstić information content (AvgIpc) is 2.63. The zero-order valence-electron chi connectivity index (χ0n) is 8.48. The molecule has 0 spiro atoms. The molecule has 0 unspecified atom stereocenters. The Morgan fingerprint density at radius 2 is 2.06 bits per heavy atom. The van der Waals surface area contributed by atoms with E-state index < -0.39 is 11.6 Å². The molecule has 1 aromatic heterocycles. The minimum Gasteiger partial charge on any atom is -0.388 e. The molecule has 1 heterocycles. The Labute approximate surface area is 90.2 Å². The zero-order valence-corrected chi connectivity index (χ0v) is 8.48. The van der Waals surface area contributed by atoms with E-state index in [2.05, 4.69) is 10.2 Å². The lowest BCUT2D eigenvalue weighted by molar-refractivity contribution is 0.267. The van der Waals surface area contributed by atoms with Crippen LogP contribution < -0.4 is 0 Å². The summed E-state index contributed by atoms with van der Waals surface area (Å²) in [7, 11) is 1.57. The van der Waals surface area contributed by atoms with E-state index in [1.807, 2.05) is 0 Å². The highest BCUT2D eigenvalue weighted by Crippen LogP contribution is 2.21. The number of halogens is 2. The van der Waals surface area contributed by atoms with Crippen LogP contribution in [-0.4, -0.2) is 19.9 Å². The fraction of sp³-hybridized carbons (Fsp3) is 0.200. The lowest BCUT2D eigenvalue weighted by Crippen LogP contribution is -2.00. The van der Waals surface area contributed by atoms with Crippen LogP contribution in [0.4, 0.5) is 8.78 Å². The Balaban J connectivity index is 2.58. The summed E-state index contributed by atoms with van der Waals surface area (Å²) in [6.45, 7) is -0.305. The van der Waals surface area contributed by atoms with Crippen molar-refractivity contribution < 1.29 is 13.9 Å². The number of hydrogen-bond donors (Lipinski definition) is 1. The molecular formula is C10H9F2N3O. The normalized spacial score (nSPS) is 10.8. The van der Waals surface area contributed by atoms with Crippen LogP contribution in [0.1, 0.15) is 5.82 Å².